The summed E-state index contributed by atoms with van der Waals surface area (Å²) in [6.45, 7) is 4.01. The molecule has 6 nitrogen and oxygen atoms in total. The largest absolute Gasteiger partial charge is 0.357 e. The molecule has 0 bridgehead atoms. The van der Waals surface area contributed by atoms with Gasteiger partial charge < -0.3 is 9.88 Å². The number of hydrogen-bond donors (Lipinski definition) is 1. The van der Waals surface area contributed by atoms with Gasteiger partial charge in [-0.15, -0.1) is 21.5 Å². The summed E-state index contributed by atoms with van der Waals surface area (Å²) >= 11 is 3.18. The maximum absolute atomic E-state index is 4.54. The van der Waals surface area contributed by atoms with Crippen molar-refractivity contribution in [3.05, 3.63) is 16.8 Å². The van der Waals surface area contributed by atoms with Crippen LogP contribution < -0.4 is 5.32 Å². The van der Waals surface area contributed by atoms with E-state index in [-0.39, 0.29) is 0 Å². The molecule has 0 aliphatic rings. The molecule has 0 aromatic carbocycles. The van der Waals surface area contributed by atoms with E-state index in [4.69, 9.17) is 0 Å². The van der Waals surface area contributed by atoms with Gasteiger partial charge in [0.05, 0.1) is 0 Å². The van der Waals surface area contributed by atoms with Gasteiger partial charge in [0, 0.05) is 24.4 Å². The number of aryl methyl sites for hydroxylation is 2. The van der Waals surface area contributed by atoms with E-state index < -0.39 is 0 Å². The van der Waals surface area contributed by atoms with E-state index in [1.807, 2.05) is 25.6 Å². The van der Waals surface area contributed by atoms with Crippen LogP contribution in [0.2, 0.25) is 0 Å². The zero-order valence-electron chi connectivity index (χ0n) is 11.6. The first kappa shape index (κ1) is 13.3. The first-order valence-electron chi connectivity index (χ1n) is 6.08. The third-order valence-electron chi connectivity index (χ3n) is 2.95. The molecule has 1 N–H and O–H groups in total. The number of anilines is 1. The molecule has 0 radical (unpaired) electrons. The van der Waals surface area contributed by atoms with Gasteiger partial charge in [0.2, 0.25) is 5.95 Å². The molecule has 0 amide bonds. The standard InChI is InChI=1S/C12H14N6S2/c1-6-5-8-9(19-6)14-11(13-3)15-10(8)20-12-17-16-7(2)18(12)4/h5H,1-4H3,(H,13,14,15). The Kier molecular flexibility index (Phi) is 3.35. The van der Waals surface area contributed by atoms with Gasteiger partial charge in [-0.05, 0) is 31.7 Å². The quantitative estimate of drug-likeness (QED) is 0.750. The molecule has 0 aliphatic heterocycles. The lowest BCUT2D eigenvalue weighted by Gasteiger charge is -2.05. The monoisotopic (exact) mass is 306 g/mol. The van der Waals surface area contributed by atoms with Crippen LogP contribution in [-0.4, -0.2) is 31.8 Å². The fraction of sp³-hybridized carbons (Fsp3) is 0.333. The molecule has 8 heteroatoms. The Balaban J connectivity index is 2.11. The van der Waals surface area contributed by atoms with E-state index in [1.165, 1.54) is 16.6 Å². The zero-order chi connectivity index (χ0) is 14.3. The van der Waals surface area contributed by atoms with Crippen molar-refractivity contribution in [1.82, 2.24) is 24.7 Å². The fourth-order valence-corrected chi connectivity index (χ4v) is 3.63. The van der Waals surface area contributed by atoms with Gasteiger partial charge in [-0.2, -0.15) is 0 Å². The van der Waals surface area contributed by atoms with Crippen LogP contribution in [0.5, 0.6) is 0 Å². The highest BCUT2D eigenvalue weighted by Crippen LogP contribution is 2.34. The van der Waals surface area contributed by atoms with Crippen LogP contribution in [0, 0.1) is 13.8 Å². The molecule has 3 aromatic rings. The second-order valence-corrected chi connectivity index (χ2v) is 6.56. The molecular formula is C12H14N6S2. The van der Waals surface area contributed by atoms with Crippen molar-refractivity contribution in [2.45, 2.75) is 24.0 Å². The maximum Gasteiger partial charge on any atom is 0.224 e. The highest BCUT2D eigenvalue weighted by Gasteiger charge is 2.14. The first-order valence-corrected chi connectivity index (χ1v) is 7.71. The third kappa shape index (κ3) is 2.25. The van der Waals surface area contributed by atoms with Crippen LogP contribution in [0.15, 0.2) is 16.2 Å². The SMILES string of the molecule is CNc1nc(Sc2nnc(C)n2C)c2cc(C)sc2n1. The number of aromatic nitrogens is 5. The van der Waals surface area contributed by atoms with Crippen molar-refractivity contribution in [2.24, 2.45) is 7.05 Å². The average Bonchev–Trinajstić information content (AvgIpc) is 2.95. The number of nitrogens with zero attached hydrogens (tertiary/aromatic N) is 5. The molecule has 0 spiro atoms. The normalized spacial score (nSPS) is 11.2. The van der Waals surface area contributed by atoms with Gasteiger partial charge in [-0.3, -0.25) is 0 Å². The Labute approximate surface area is 124 Å². The Hall–Kier alpha value is -1.67. The third-order valence-corrected chi connectivity index (χ3v) is 4.93. The van der Waals surface area contributed by atoms with Gasteiger partial charge in [0.15, 0.2) is 5.16 Å². The van der Waals surface area contributed by atoms with Gasteiger partial charge in [0.1, 0.15) is 15.7 Å². The fourth-order valence-electron chi connectivity index (χ4n) is 1.77. The molecule has 3 aromatic heterocycles. The molecule has 20 heavy (non-hydrogen) atoms. The van der Waals surface area contributed by atoms with Crippen LogP contribution in [0.3, 0.4) is 0 Å². The molecule has 0 atom stereocenters. The van der Waals surface area contributed by atoms with Crippen LogP contribution in [0.1, 0.15) is 10.7 Å². The molecule has 0 saturated heterocycles. The van der Waals surface area contributed by atoms with Crippen molar-refractivity contribution in [2.75, 3.05) is 12.4 Å². The van der Waals surface area contributed by atoms with Crippen LogP contribution in [0.25, 0.3) is 10.2 Å². The highest BCUT2D eigenvalue weighted by molar-refractivity contribution is 7.99. The summed E-state index contributed by atoms with van der Waals surface area (Å²) in [6, 6.07) is 2.12. The minimum absolute atomic E-state index is 0.626. The zero-order valence-corrected chi connectivity index (χ0v) is 13.3. The summed E-state index contributed by atoms with van der Waals surface area (Å²) in [6.07, 6.45) is 0. The van der Waals surface area contributed by atoms with Gasteiger partial charge >= 0.3 is 0 Å². The lowest BCUT2D eigenvalue weighted by Crippen LogP contribution is -1.98. The summed E-state index contributed by atoms with van der Waals surface area (Å²) in [5, 5.41) is 14.1. The van der Waals surface area contributed by atoms with Crippen molar-refractivity contribution in [3.8, 4) is 0 Å². The molecule has 3 heterocycles. The van der Waals surface area contributed by atoms with E-state index in [9.17, 15) is 0 Å². The number of nitrogens with one attached hydrogen (secondary N) is 1. The predicted octanol–water partition coefficient (Wildman–Crippen LogP) is 2.63. The van der Waals surface area contributed by atoms with E-state index in [0.29, 0.717) is 5.95 Å². The second-order valence-electron chi connectivity index (χ2n) is 4.37. The molecular weight excluding hydrogens is 292 g/mol. The van der Waals surface area contributed by atoms with Crippen LogP contribution in [-0.2, 0) is 7.05 Å². The van der Waals surface area contributed by atoms with Crippen LogP contribution >= 0.6 is 23.1 Å². The van der Waals surface area contributed by atoms with Crippen LogP contribution in [0.4, 0.5) is 5.95 Å². The molecule has 0 aliphatic carbocycles. The number of thiophene rings is 1. The molecule has 104 valence electrons. The number of rotatable bonds is 3. The highest BCUT2D eigenvalue weighted by atomic mass is 32.2. The Morgan fingerprint density at radius 2 is 2.05 bits per heavy atom. The summed E-state index contributed by atoms with van der Waals surface area (Å²) in [4.78, 5) is 11.2. The summed E-state index contributed by atoms with van der Waals surface area (Å²) < 4.78 is 1.96. The Bertz CT molecular complexity index is 776. The first-order chi connectivity index (χ1) is 9.58. The van der Waals surface area contributed by atoms with E-state index in [2.05, 4.69) is 38.5 Å². The minimum Gasteiger partial charge on any atom is -0.357 e. The summed E-state index contributed by atoms with van der Waals surface area (Å²) in [5.74, 6) is 1.51. The smallest absolute Gasteiger partial charge is 0.224 e. The van der Waals surface area contributed by atoms with Crippen molar-refractivity contribution in [3.63, 3.8) is 0 Å². The van der Waals surface area contributed by atoms with Crippen molar-refractivity contribution >= 4 is 39.3 Å². The summed E-state index contributed by atoms with van der Waals surface area (Å²) in [7, 11) is 3.77. The maximum atomic E-state index is 4.54. The van der Waals surface area contributed by atoms with Gasteiger partial charge in [-0.1, -0.05) is 0 Å². The molecule has 0 unspecified atom stereocenters. The summed E-state index contributed by atoms with van der Waals surface area (Å²) in [5.41, 5.74) is 0. The molecule has 0 fully saturated rings. The average molecular weight is 306 g/mol. The minimum atomic E-state index is 0.626. The van der Waals surface area contributed by atoms with Gasteiger partial charge in [-0.25, -0.2) is 9.97 Å². The lowest BCUT2D eigenvalue weighted by molar-refractivity contribution is 0.765. The Morgan fingerprint density at radius 1 is 1.25 bits per heavy atom. The predicted molar refractivity (Wildman–Crippen MR) is 81.6 cm³/mol. The molecule has 3 rings (SSSR count). The van der Waals surface area contributed by atoms with E-state index >= 15 is 0 Å². The lowest BCUT2D eigenvalue weighted by atomic mass is 10.4. The number of fused-ring (bicyclic) bond motifs is 1. The molecule has 0 saturated carbocycles. The van der Waals surface area contributed by atoms with Crippen molar-refractivity contribution in [1.29, 1.82) is 0 Å². The van der Waals surface area contributed by atoms with Crippen molar-refractivity contribution < 1.29 is 0 Å². The topological polar surface area (TPSA) is 68.5 Å². The second kappa shape index (κ2) is 5.02. The Morgan fingerprint density at radius 3 is 2.70 bits per heavy atom. The van der Waals surface area contributed by atoms with Gasteiger partial charge in [0.25, 0.3) is 0 Å². The van der Waals surface area contributed by atoms with E-state index in [1.54, 1.807) is 11.3 Å². The number of hydrogen-bond acceptors (Lipinski definition) is 7. The van der Waals surface area contributed by atoms with E-state index in [0.717, 1.165) is 26.2 Å².